The van der Waals surface area contributed by atoms with E-state index in [1.54, 1.807) is 0 Å². The van der Waals surface area contributed by atoms with Gasteiger partial charge in [-0.2, -0.15) is 0 Å². The van der Waals surface area contributed by atoms with Gasteiger partial charge in [0.2, 0.25) is 0 Å². The molecule has 1 aliphatic rings. The van der Waals surface area contributed by atoms with Crippen molar-refractivity contribution in [3.05, 3.63) is 0 Å². The third-order valence-corrected chi connectivity index (χ3v) is 6.24. The van der Waals surface area contributed by atoms with Crippen LogP contribution in [0.15, 0.2) is 0 Å². The van der Waals surface area contributed by atoms with Crippen LogP contribution in [-0.4, -0.2) is 30.6 Å². The number of rotatable bonds is 8. The molecule has 1 saturated heterocycles. The van der Waals surface area contributed by atoms with Gasteiger partial charge in [0.05, 0.1) is 17.1 Å². The molecule has 0 aromatic rings. The first-order valence-electron chi connectivity index (χ1n) is 7.47. The molecular formula is C14H28O3S. The number of hydrogen-bond donors (Lipinski definition) is 1. The van der Waals surface area contributed by atoms with Gasteiger partial charge in [-0.25, -0.2) is 8.42 Å². The Morgan fingerprint density at radius 3 is 2.44 bits per heavy atom. The first-order valence-corrected chi connectivity index (χ1v) is 9.19. The molecule has 18 heavy (non-hydrogen) atoms. The molecular weight excluding hydrogens is 248 g/mol. The smallest absolute Gasteiger partial charge is 0.155 e. The summed E-state index contributed by atoms with van der Waals surface area (Å²) in [5.41, 5.74) is 0. The Labute approximate surface area is 112 Å². The zero-order chi connectivity index (χ0) is 13.4. The molecule has 2 atom stereocenters. The van der Waals surface area contributed by atoms with Gasteiger partial charge in [-0.1, -0.05) is 51.9 Å². The van der Waals surface area contributed by atoms with E-state index in [-0.39, 0.29) is 5.75 Å². The maximum atomic E-state index is 11.8. The van der Waals surface area contributed by atoms with Crippen LogP contribution in [0.25, 0.3) is 0 Å². The van der Waals surface area contributed by atoms with Gasteiger partial charge in [-0.05, 0) is 19.3 Å². The SMILES string of the molecule is CCCCCCCCC(O)C1CCCCS1(=O)=O. The third kappa shape index (κ3) is 5.27. The number of sulfone groups is 1. The summed E-state index contributed by atoms with van der Waals surface area (Å²) in [5.74, 6) is 0.269. The number of unbranched alkanes of at least 4 members (excludes halogenated alkanes) is 5. The molecule has 1 N–H and O–H groups in total. The van der Waals surface area contributed by atoms with Crippen molar-refractivity contribution >= 4 is 9.84 Å². The molecule has 1 rings (SSSR count). The van der Waals surface area contributed by atoms with E-state index in [2.05, 4.69) is 6.92 Å². The zero-order valence-corrected chi connectivity index (χ0v) is 12.4. The molecule has 0 bridgehead atoms. The van der Waals surface area contributed by atoms with Gasteiger partial charge in [0.25, 0.3) is 0 Å². The maximum Gasteiger partial charge on any atom is 0.155 e. The van der Waals surface area contributed by atoms with Gasteiger partial charge in [-0.15, -0.1) is 0 Å². The molecule has 1 aliphatic heterocycles. The lowest BCUT2D eigenvalue weighted by Crippen LogP contribution is -2.38. The molecule has 0 aromatic heterocycles. The van der Waals surface area contributed by atoms with Crippen molar-refractivity contribution in [2.75, 3.05) is 5.75 Å². The minimum atomic E-state index is -3.02. The molecule has 0 aliphatic carbocycles. The summed E-state index contributed by atoms with van der Waals surface area (Å²) in [6, 6.07) is 0. The van der Waals surface area contributed by atoms with Crippen LogP contribution >= 0.6 is 0 Å². The van der Waals surface area contributed by atoms with Crippen LogP contribution in [0, 0.1) is 0 Å². The van der Waals surface area contributed by atoms with Crippen molar-refractivity contribution in [3.63, 3.8) is 0 Å². The van der Waals surface area contributed by atoms with E-state index in [1.165, 1.54) is 25.7 Å². The van der Waals surface area contributed by atoms with Gasteiger partial charge in [0, 0.05) is 0 Å². The first kappa shape index (κ1) is 16.0. The fourth-order valence-corrected chi connectivity index (χ4v) is 4.78. The second kappa shape index (κ2) is 8.16. The molecule has 1 heterocycles. The highest BCUT2D eigenvalue weighted by atomic mass is 32.2. The number of aliphatic hydroxyl groups is 1. The average molecular weight is 276 g/mol. The minimum absolute atomic E-state index is 0.269. The monoisotopic (exact) mass is 276 g/mol. The predicted molar refractivity (Wildman–Crippen MR) is 75.4 cm³/mol. The van der Waals surface area contributed by atoms with Crippen LogP contribution in [-0.2, 0) is 9.84 Å². The molecule has 4 heteroatoms. The fraction of sp³-hybridized carbons (Fsp3) is 1.00. The highest BCUT2D eigenvalue weighted by Crippen LogP contribution is 2.24. The Morgan fingerprint density at radius 2 is 1.78 bits per heavy atom. The quantitative estimate of drug-likeness (QED) is 0.693. The zero-order valence-electron chi connectivity index (χ0n) is 11.6. The first-order chi connectivity index (χ1) is 8.58. The van der Waals surface area contributed by atoms with Gasteiger partial charge >= 0.3 is 0 Å². The van der Waals surface area contributed by atoms with Crippen molar-refractivity contribution in [2.45, 2.75) is 82.5 Å². The van der Waals surface area contributed by atoms with E-state index in [0.717, 1.165) is 25.7 Å². The standard InChI is InChI=1S/C14H28O3S/c1-2-3-4-5-6-7-10-13(15)14-11-8-9-12-18(14,16)17/h13-15H,2-12H2,1H3. The van der Waals surface area contributed by atoms with Crippen LogP contribution in [0.5, 0.6) is 0 Å². The molecule has 0 aromatic carbocycles. The second-order valence-electron chi connectivity index (χ2n) is 5.53. The number of aliphatic hydroxyl groups excluding tert-OH is 1. The summed E-state index contributed by atoms with van der Waals surface area (Å²) in [5, 5.41) is 9.55. The van der Waals surface area contributed by atoms with Crippen LogP contribution in [0.1, 0.15) is 71.1 Å². The molecule has 1 fully saturated rings. The van der Waals surface area contributed by atoms with Crippen LogP contribution in [0.4, 0.5) is 0 Å². The summed E-state index contributed by atoms with van der Waals surface area (Å²) < 4.78 is 23.7. The summed E-state index contributed by atoms with van der Waals surface area (Å²) >= 11 is 0. The second-order valence-corrected chi connectivity index (χ2v) is 7.86. The molecule has 0 saturated carbocycles. The van der Waals surface area contributed by atoms with E-state index in [1.807, 2.05) is 0 Å². The lowest BCUT2D eigenvalue weighted by Gasteiger charge is -2.26. The molecule has 0 amide bonds. The van der Waals surface area contributed by atoms with E-state index in [4.69, 9.17) is 0 Å². The summed E-state index contributed by atoms with van der Waals surface area (Å²) in [7, 11) is -3.02. The average Bonchev–Trinajstić information content (AvgIpc) is 2.32. The highest BCUT2D eigenvalue weighted by molar-refractivity contribution is 7.92. The van der Waals surface area contributed by atoms with Gasteiger partial charge in [0.1, 0.15) is 0 Å². The van der Waals surface area contributed by atoms with E-state index >= 15 is 0 Å². The Balaban J connectivity index is 2.21. The van der Waals surface area contributed by atoms with Crippen molar-refractivity contribution < 1.29 is 13.5 Å². The molecule has 2 unspecified atom stereocenters. The third-order valence-electron chi connectivity index (χ3n) is 3.91. The summed E-state index contributed by atoms with van der Waals surface area (Å²) in [6.45, 7) is 2.19. The Bertz CT molecular complexity index is 311. The molecule has 108 valence electrons. The van der Waals surface area contributed by atoms with Gasteiger partial charge in [-0.3, -0.25) is 0 Å². The van der Waals surface area contributed by atoms with Gasteiger partial charge < -0.3 is 5.11 Å². The van der Waals surface area contributed by atoms with E-state index in [9.17, 15) is 13.5 Å². The predicted octanol–water partition coefficient (Wildman–Crippen LogP) is 3.07. The largest absolute Gasteiger partial charge is 0.392 e. The topological polar surface area (TPSA) is 54.4 Å². The maximum absolute atomic E-state index is 11.8. The lowest BCUT2D eigenvalue weighted by atomic mass is 10.0. The highest BCUT2D eigenvalue weighted by Gasteiger charge is 2.34. The Hall–Kier alpha value is -0.0900. The van der Waals surface area contributed by atoms with Gasteiger partial charge in [0.15, 0.2) is 9.84 Å². The minimum Gasteiger partial charge on any atom is -0.392 e. The van der Waals surface area contributed by atoms with Crippen molar-refractivity contribution in [2.24, 2.45) is 0 Å². The summed E-state index contributed by atoms with van der Waals surface area (Å²) in [6.07, 6.45) is 9.42. The summed E-state index contributed by atoms with van der Waals surface area (Å²) in [4.78, 5) is 0. The molecule has 0 spiro atoms. The fourth-order valence-electron chi connectivity index (χ4n) is 2.73. The molecule has 3 nitrogen and oxygen atoms in total. The Morgan fingerprint density at radius 1 is 1.11 bits per heavy atom. The number of hydrogen-bond acceptors (Lipinski definition) is 3. The lowest BCUT2D eigenvalue weighted by molar-refractivity contribution is 0.148. The molecule has 0 radical (unpaired) electrons. The Kier molecular flexibility index (Phi) is 7.23. The van der Waals surface area contributed by atoms with Crippen LogP contribution < -0.4 is 0 Å². The normalized spacial score (nSPS) is 24.9. The van der Waals surface area contributed by atoms with Crippen LogP contribution in [0.3, 0.4) is 0 Å². The van der Waals surface area contributed by atoms with Crippen LogP contribution in [0.2, 0.25) is 0 Å². The van der Waals surface area contributed by atoms with E-state index < -0.39 is 21.2 Å². The van der Waals surface area contributed by atoms with Crippen molar-refractivity contribution in [1.82, 2.24) is 0 Å². The van der Waals surface area contributed by atoms with E-state index in [0.29, 0.717) is 12.8 Å². The van der Waals surface area contributed by atoms with Crippen molar-refractivity contribution in [1.29, 1.82) is 0 Å². The van der Waals surface area contributed by atoms with Crippen molar-refractivity contribution in [3.8, 4) is 0 Å².